The quantitative estimate of drug-likeness (QED) is 0.714. The number of aliphatic hydroxyl groups excluding tert-OH is 1. The number of thiazole rings is 1. The molecule has 0 fully saturated rings. The van der Waals surface area contributed by atoms with Crippen molar-refractivity contribution in [2.75, 3.05) is 13.2 Å². The Labute approximate surface area is 82.4 Å². The van der Waals surface area contributed by atoms with E-state index in [-0.39, 0.29) is 6.61 Å². The summed E-state index contributed by atoms with van der Waals surface area (Å²) >= 11 is 1.59. The summed E-state index contributed by atoms with van der Waals surface area (Å²) in [4.78, 5) is 4.22. The minimum atomic E-state index is 0.181. The predicted molar refractivity (Wildman–Crippen MR) is 53.3 cm³/mol. The maximum atomic E-state index is 8.54. The lowest BCUT2D eigenvalue weighted by Crippen LogP contribution is -1.97. The Morgan fingerprint density at radius 1 is 1.62 bits per heavy atom. The maximum absolute atomic E-state index is 8.54. The summed E-state index contributed by atoms with van der Waals surface area (Å²) in [6.45, 7) is 2.89. The molecule has 0 atom stereocenters. The summed E-state index contributed by atoms with van der Waals surface area (Å²) in [5, 5.41) is 10.5. The molecule has 0 aliphatic rings. The molecule has 1 aromatic heterocycles. The molecule has 0 bridgehead atoms. The average Bonchev–Trinajstić information content (AvgIpc) is 2.54. The van der Waals surface area contributed by atoms with Gasteiger partial charge in [-0.2, -0.15) is 0 Å². The largest absolute Gasteiger partial charge is 0.483 e. The van der Waals surface area contributed by atoms with Crippen LogP contribution in [0.2, 0.25) is 0 Å². The minimum Gasteiger partial charge on any atom is -0.483 e. The fourth-order valence-electron chi connectivity index (χ4n) is 0.927. The van der Waals surface area contributed by atoms with Gasteiger partial charge in [0.05, 0.1) is 17.8 Å². The molecule has 3 nitrogen and oxygen atoms in total. The molecular weight excluding hydrogens is 186 g/mol. The van der Waals surface area contributed by atoms with E-state index < -0.39 is 0 Å². The molecular formula is C9H15NO2S. The second-order valence-corrected chi connectivity index (χ2v) is 3.83. The summed E-state index contributed by atoms with van der Waals surface area (Å²) in [5.74, 6) is 0. The smallest absolute Gasteiger partial charge is 0.194 e. The van der Waals surface area contributed by atoms with Crippen LogP contribution in [0, 0.1) is 0 Å². The molecule has 0 unspecified atom stereocenters. The van der Waals surface area contributed by atoms with E-state index in [2.05, 4.69) is 11.9 Å². The topological polar surface area (TPSA) is 42.4 Å². The molecule has 0 aromatic carbocycles. The molecule has 74 valence electrons. The van der Waals surface area contributed by atoms with E-state index in [0.29, 0.717) is 13.0 Å². The van der Waals surface area contributed by atoms with Crippen molar-refractivity contribution in [2.45, 2.75) is 26.2 Å². The van der Waals surface area contributed by atoms with Crippen molar-refractivity contribution < 1.29 is 9.84 Å². The third-order valence-corrected chi connectivity index (χ3v) is 2.51. The van der Waals surface area contributed by atoms with E-state index in [4.69, 9.17) is 9.84 Å². The zero-order valence-corrected chi connectivity index (χ0v) is 8.64. The lowest BCUT2D eigenvalue weighted by Gasteiger charge is -1.98. The van der Waals surface area contributed by atoms with Crippen molar-refractivity contribution in [1.82, 2.24) is 4.98 Å². The van der Waals surface area contributed by atoms with Gasteiger partial charge in [-0.15, -0.1) is 0 Å². The third-order valence-electron chi connectivity index (χ3n) is 1.54. The van der Waals surface area contributed by atoms with Crippen LogP contribution >= 0.6 is 11.3 Å². The first-order valence-corrected chi connectivity index (χ1v) is 5.36. The zero-order valence-electron chi connectivity index (χ0n) is 7.82. The summed E-state index contributed by atoms with van der Waals surface area (Å²) < 4.78 is 5.37. The molecule has 1 rings (SSSR count). The van der Waals surface area contributed by atoms with Gasteiger partial charge in [0.15, 0.2) is 5.06 Å². The van der Waals surface area contributed by atoms with Crippen LogP contribution in [-0.4, -0.2) is 23.3 Å². The number of aryl methyl sites for hydroxylation is 1. The molecule has 13 heavy (non-hydrogen) atoms. The molecule has 0 amide bonds. The van der Waals surface area contributed by atoms with E-state index in [1.165, 1.54) is 0 Å². The van der Waals surface area contributed by atoms with Crippen LogP contribution in [0.25, 0.3) is 0 Å². The number of nitrogens with zero attached hydrogens (tertiary/aromatic N) is 1. The standard InChI is InChI=1S/C9H15NO2S/c1-2-4-8-10-7-9(13-8)12-6-3-5-11/h7,11H,2-6H2,1H3. The number of aliphatic hydroxyl groups is 1. The fraction of sp³-hybridized carbons (Fsp3) is 0.667. The monoisotopic (exact) mass is 201 g/mol. The molecule has 0 saturated heterocycles. The van der Waals surface area contributed by atoms with E-state index in [0.717, 1.165) is 22.9 Å². The highest BCUT2D eigenvalue weighted by atomic mass is 32.1. The second kappa shape index (κ2) is 5.94. The summed E-state index contributed by atoms with van der Waals surface area (Å²) in [5.41, 5.74) is 0. The molecule has 1 aromatic rings. The lowest BCUT2D eigenvalue weighted by molar-refractivity contribution is 0.236. The Morgan fingerprint density at radius 2 is 2.46 bits per heavy atom. The minimum absolute atomic E-state index is 0.181. The van der Waals surface area contributed by atoms with Crippen LogP contribution < -0.4 is 4.74 Å². The van der Waals surface area contributed by atoms with Crippen LogP contribution in [0.3, 0.4) is 0 Å². The average molecular weight is 201 g/mol. The van der Waals surface area contributed by atoms with Crippen LogP contribution in [0.1, 0.15) is 24.8 Å². The molecule has 0 aliphatic heterocycles. The first-order valence-electron chi connectivity index (χ1n) is 4.55. The summed E-state index contributed by atoms with van der Waals surface area (Å²) in [6, 6.07) is 0. The molecule has 0 radical (unpaired) electrons. The highest BCUT2D eigenvalue weighted by Gasteiger charge is 2.00. The normalized spacial score (nSPS) is 10.3. The van der Waals surface area contributed by atoms with Crippen molar-refractivity contribution >= 4 is 11.3 Å². The second-order valence-electron chi connectivity index (χ2n) is 2.75. The van der Waals surface area contributed by atoms with Gasteiger partial charge in [0.2, 0.25) is 0 Å². The lowest BCUT2D eigenvalue weighted by atomic mass is 10.4. The van der Waals surface area contributed by atoms with Crippen molar-refractivity contribution in [1.29, 1.82) is 0 Å². The molecule has 1 N–H and O–H groups in total. The Bertz CT molecular complexity index is 237. The van der Waals surface area contributed by atoms with Gasteiger partial charge in [-0.05, 0) is 12.8 Å². The Morgan fingerprint density at radius 3 is 3.15 bits per heavy atom. The van der Waals surface area contributed by atoms with E-state index in [1.807, 2.05) is 0 Å². The van der Waals surface area contributed by atoms with Crippen molar-refractivity contribution in [2.24, 2.45) is 0 Å². The van der Waals surface area contributed by atoms with Gasteiger partial charge < -0.3 is 9.84 Å². The first kappa shape index (κ1) is 10.5. The van der Waals surface area contributed by atoms with Crippen LogP contribution in [-0.2, 0) is 6.42 Å². The third kappa shape index (κ3) is 3.74. The van der Waals surface area contributed by atoms with Gasteiger partial charge in [-0.3, -0.25) is 0 Å². The fourth-order valence-corrected chi connectivity index (χ4v) is 1.82. The summed E-state index contributed by atoms with van der Waals surface area (Å²) in [6.07, 6.45) is 4.58. The molecule has 0 spiro atoms. The Kier molecular flexibility index (Phi) is 4.78. The van der Waals surface area contributed by atoms with Gasteiger partial charge in [0, 0.05) is 13.0 Å². The number of ether oxygens (including phenoxy) is 1. The van der Waals surface area contributed by atoms with Gasteiger partial charge in [0.25, 0.3) is 0 Å². The van der Waals surface area contributed by atoms with Crippen LogP contribution in [0.5, 0.6) is 5.06 Å². The molecule has 0 saturated carbocycles. The van der Waals surface area contributed by atoms with Gasteiger partial charge >= 0.3 is 0 Å². The molecule has 1 heterocycles. The number of aromatic nitrogens is 1. The van der Waals surface area contributed by atoms with Crippen molar-refractivity contribution in [3.8, 4) is 5.06 Å². The van der Waals surface area contributed by atoms with E-state index in [9.17, 15) is 0 Å². The van der Waals surface area contributed by atoms with Gasteiger partial charge in [-0.25, -0.2) is 4.98 Å². The molecule has 0 aliphatic carbocycles. The highest BCUT2D eigenvalue weighted by molar-refractivity contribution is 7.13. The van der Waals surface area contributed by atoms with Crippen molar-refractivity contribution in [3.05, 3.63) is 11.2 Å². The first-order chi connectivity index (χ1) is 6.36. The predicted octanol–water partition coefficient (Wildman–Crippen LogP) is 1.86. The number of rotatable bonds is 6. The van der Waals surface area contributed by atoms with Gasteiger partial charge in [0.1, 0.15) is 0 Å². The Balaban J connectivity index is 2.31. The molecule has 4 heteroatoms. The maximum Gasteiger partial charge on any atom is 0.194 e. The summed E-state index contributed by atoms with van der Waals surface area (Å²) in [7, 11) is 0. The van der Waals surface area contributed by atoms with Gasteiger partial charge in [-0.1, -0.05) is 18.3 Å². The zero-order chi connectivity index (χ0) is 9.52. The van der Waals surface area contributed by atoms with E-state index in [1.54, 1.807) is 17.5 Å². The highest BCUT2D eigenvalue weighted by Crippen LogP contribution is 2.22. The van der Waals surface area contributed by atoms with E-state index >= 15 is 0 Å². The number of hydrogen-bond acceptors (Lipinski definition) is 4. The number of hydrogen-bond donors (Lipinski definition) is 1. The Hall–Kier alpha value is -0.610. The van der Waals surface area contributed by atoms with Crippen molar-refractivity contribution in [3.63, 3.8) is 0 Å². The van der Waals surface area contributed by atoms with Crippen LogP contribution in [0.15, 0.2) is 6.20 Å². The SMILES string of the molecule is CCCc1ncc(OCCCO)s1. The van der Waals surface area contributed by atoms with Crippen LogP contribution in [0.4, 0.5) is 0 Å².